The number of aldehydes is 1. The minimum Gasteiger partial charge on any atom is -0.307 e. The van der Waals surface area contributed by atoms with E-state index in [1.165, 1.54) is 11.8 Å². The van der Waals surface area contributed by atoms with E-state index in [1.54, 1.807) is 0 Å². The normalized spacial score (nSPS) is 38.3. The fourth-order valence-electron chi connectivity index (χ4n) is 1.45. The fourth-order valence-corrected chi connectivity index (χ4v) is 2.62. The Morgan fingerprint density at radius 3 is 2.77 bits per heavy atom. The smallest absolute Gasteiger partial charge is 0.176 e. The number of thioether (sulfide) groups is 1. The molecule has 2 rings (SSSR count). The third-order valence-electron chi connectivity index (χ3n) is 2.40. The van der Waals surface area contributed by atoms with Crippen LogP contribution in [-0.4, -0.2) is 41.8 Å². The summed E-state index contributed by atoms with van der Waals surface area (Å²) in [7, 11) is 0. The lowest BCUT2D eigenvalue weighted by Gasteiger charge is -2.28. The molecule has 2 fully saturated rings. The maximum Gasteiger partial charge on any atom is 0.176 e. The molecule has 2 heterocycles. The van der Waals surface area contributed by atoms with Gasteiger partial charge in [0.25, 0.3) is 0 Å². The van der Waals surface area contributed by atoms with Crippen molar-refractivity contribution in [2.24, 2.45) is 0 Å². The van der Waals surface area contributed by atoms with Crippen LogP contribution in [0, 0.1) is 0 Å². The van der Waals surface area contributed by atoms with Crippen molar-refractivity contribution in [3.8, 4) is 0 Å². The van der Waals surface area contributed by atoms with E-state index in [0.29, 0.717) is 5.75 Å². The molecule has 0 saturated carbocycles. The predicted molar refractivity (Wildman–Crippen MR) is 50.6 cm³/mol. The van der Waals surface area contributed by atoms with Crippen LogP contribution >= 0.6 is 11.8 Å². The summed E-state index contributed by atoms with van der Waals surface area (Å²) in [6, 6.07) is -0.116. The molecule has 13 heavy (non-hydrogen) atoms. The number of rotatable bonds is 3. The van der Waals surface area contributed by atoms with Crippen molar-refractivity contribution in [1.82, 2.24) is 10.6 Å². The maximum absolute atomic E-state index is 11.6. The van der Waals surface area contributed by atoms with Gasteiger partial charge in [-0.15, -0.1) is 11.8 Å². The zero-order valence-electron chi connectivity index (χ0n) is 7.16. The van der Waals surface area contributed by atoms with Crippen molar-refractivity contribution in [3.63, 3.8) is 0 Å². The second kappa shape index (κ2) is 3.77. The molecule has 2 saturated heterocycles. The van der Waals surface area contributed by atoms with Gasteiger partial charge in [0.1, 0.15) is 11.7 Å². The molecular weight excluding hydrogens is 188 g/mol. The number of carbonyl (C=O) groups excluding carboxylic acids is 2. The van der Waals surface area contributed by atoms with Crippen molar-refractivity contribution in [2.45, 2.75) is 23.9 Å². The summed E-state index contributed by atoms with van der Waals surface area (Å²) >= 11 is 1.53. The van der Waals surface area contributed by atoms with Gasteiger partial charge in [-0.05, 0) is 13.0 Å². The third kappa shape index (κ3) is 1.77. The number of hydrogen-bond acceptors (Lipinski definition) is 5. The summed E-state index contributed by atoms with van der Waals surface area (Å²) in [4.78, 5) is 22.1. The van der Waals surface area contributed by atoms with E-state index in [1.807, 2.05) is 0 Å². The number of Topliss-reactive ketones (excluding diaryl/α,β-unsaturated/α-hetero) is 1. The van der Waals surface area contributed by atoms with Gasteiger partial charge in [0.15, 0.2) is 5.78 Å². The first kappa shape index (κ1) is 9.18. The molecule has 3 atom stereocenters. The molecule has 0 spiro atoms. The van der Waals surface area contributed by atoms with Crippen molar-refractivity contribution in [3.05, 3.63) is 0 Å². The fraction of sp³-hybridized carbons (Fsp3) is 0.750. The molecule has 0 bridgehead atoms. The highest BCUT2D eigenvalue weighted by Gasteiger charge is 2.35. The Hall–Kier alpha value is -0.390. The standard InChI is InChI=1S/C8H12N2O2S/c11-3-5-4-13-8(10-5)7(12)6-1-2-9-6/h3,5-6,8-10H,1-2,4H2. The zero-order valence-corrected chi connectivity index (χ0v) is 7.97. The van der Waals surface area contributed by atoms with E-state index >= 15 is 0 Å². The van der Waals surface area contributed by atoms with Gasteiger partial charge in [0.2, 0.25) is 0 Å². The second-order valence-corrected chi connectivity index (χ2v) is 4.46. The lowest BCUT2D eigenvalue weighted by atomic mass is 10.0. The highest BCUT2D eigenvalue weighted by molar-refractivity contribution is 8.00. The van der Waals surface area contributed by atoms with Gasteiger partial charge < -0.3 is 10.1 Å². The summed E-state index contributed by atoms with van der Waals surface area (Å²) in [5.74, 6) is 0.910. The molecule has 2 aliphatic heterocycles. The van der Waals surface area contributed by atoms with Crippen LogP contribution in [0.2, 0.25) is 0 Å². The lowest BCUT2D eigenvalue weighted by molar-refractivity contribution is -0.122. The third-order valence-corrected chi connectivity index (χ3v) is 3.65. The molecule has 3 unspecified atom stereocenters. The number of nitrogens with one attached hydrogen (secondary N) is 2. The number of hydrogen-bond donors (Lipinski definition) is 2. The first-order chi connectivity index (χ1) is 6.31. The number of ketones is 1. The van der Waals surface area contributed by atoms with Gasteiger partial charge in [0, 0.05) is 5.75 Å². The van der Waals surface area contributed by atoms with Gasteiger partial charge in [-0.25, -0.2) is 0 Å². The Morgan fingerprint density at radius 1 is 1.54 bits per heavy atom. The molecule has 5 heteroatoms. The van der Waals surface area contributed by atoms with Crippen LogP contribution in [0.1, 0.15) is 6.42 Å². The molecule has 72 valence electrons. The summed E-state index contributed by atoms with van der Waals surface area (Å²) in [6.07, 6.45) is 1.80. The molecular formula is C8H12N2O2S. The van der Waals surface area contributed by atoms with Gasteiger partial charge in [-0.3, -0.25) is 10.1 Å². The quantitative estimate of drug-likeness (QED) is 0.581. The van der Waals surface area contributed by atoms with Crippen LogP contribution < -0.4 is 10.6 Å². The van der Waals surface area contributed by atoms with Crippen LogP contribution in [0.3, 0.4) is 0 Å². The van der Waals surface area contributed by atoms with Gasteiger partial charge in [0.05, 0.1) is 12.1 Å². The van der Waals surface area contributed by atoms with Gasteiger partial charge in [-0.2, -0.15) is 0 Å². The Morgan fingerprint density at radius 2 is 2.31 bits per heavy atom. The highest BCUT2D eigenvalue weighted by Crippen LogP contribution is 2.21. The van der Waals surface area contributed by atoms with Crippen LogP contribution in [0.5, 0.6) is 0 Å². The summed E-state index contributed by atoms with van der Waals surface area (Å²) in [6.45, 7) is 0.935. The summed E-state index contributed by atoms with van der Waals surface area (Å²) in [5.41, 5.74) is 0. The van der Waals surface area contributed by atoms with E-state index in [-0.39, 0.29) is 23.2 Å². The van der Waals surface area contributed by atoms with Crippen molar-refractivity contribution in [2.75, 3.05) is 12.3 Å². The SMILES string of the molecule is O=CC1CSC(C(=O)C2CCN2)N1. The van der Waals surface area contributed by atoms with Crippen molar-refractivity contribution >= 4 is 23.8 Å². The van der Waals surface area contributed by atoms with Crippen molar-refractivity contribution < 1.29 is 9.59 Å². The van der Waals surface area contributed by atoms with Gasteiger partial charge in [-0.1, -0.05) is 0 Å². The molecule has 4 nitrogen and oxygen atoms in total. The predicted octanol–water partition coefficient (Wildman–Crippen LogP) is -0.853. The van der Waals surface area contributed by atoms with E-state index in [0.717, 1.165) is 19.3 Å². The largest absolute Gasteiger partial charge is 0.307 e. The maximum atomic E-state index is 11.6. The molecule has 2 aliphatic rings. The average molecular weight is 200 g/mol. The highest BCUT2D eigenvalue weighted by atomic mass is 32.2. The molecule has 0 aromatic rings. The molecule has 0 amide bonds. The average Bonchev–Trinajstić information content (AvgIpc) is 2.48. The molecule has 0 aromatic heterocycles. The van der Waals surface area contributed by atoms with Gasteiger partial charge >= 0.3 is 0 Å². The van der Waals surface area contributed by atoms with E-state index in [9.17, 15) is 9.59 Å². The van der Waals surface area contributed by atoms with Crippen molar-refractivity contribution in [1.29, 1.82) is 0 Å². The summed E-state index contributed by atoms with van der Waals surface area (Å²) in [5, 5.41) is 5.89. The lowest BCUT2D eigenvalue weighted by Crippen LogP contribution is -2.53. The molecule has 0 radical (unpaired) electrons. The Bertz CT molecular complexity index is 230. The first-order valence-corrected chi connectivity index (χ1v) is 5.46. The van der Waals surface area contributed by atoms with Crippen LogP contribution in [0.25, 0.3) is 0 Å². The topological polar surface area (TPSA) is 58.2 Å². The monoisotopic (exact) mass is 200 g/mol. The summed E-state index contributed by atoms with van der Waals surface area (Å²) < 4.78 is 0. The van der Waals surface area contributed by atoms with Crippen LogP contribution in [0.15, 0.2) is 0 Å². The minimum absolute atomic E-state index is 0.0235. The first-order valence-electron chi connectivity index (χ1n) is 4.41. The molecule has 0 aromatic carbocycles. The van der Waals surface area contributed by atoms with E-state index in [4.69, 9.17) is 0 Å². The second-order valence-electron chi connectivity index (χ2n) is 3.32. The zero-order chi connectivity index (χ0) is 9.26. The van der Waals surface area contributed by atoms with Crippen LogP contribution in [0.4, 0.5) is 0 Å². The number of carbonyl (C=O) groups is 2. The Balaban J connectivity index is 1.87. The van der Waals surface area contributed by atoms with Crippen LogP contribution in [-0.2, 0) is 9.59 Å². The Labute approximate surface area is 80.8 Å². The molecule has 0 aliphatic carbocycles. The molecule has 2 N–H and O–H groups in total. The Kier molecular flexibility index (Phi) is 2.66. The minimum atomic E-state index is -0.173. The van der Waals surface area contributed by atoms with E-state index in [2.05, 4.69) is 10.6 Å². The van der Waals surface area contributed by atoms with E-state index < -0.39 is 0 Å².